The standard InChI is InChI=1S/C19H16ClN3O2/c1-11(12-6-2-4-8-14(12)20)21-10-16-22-17-13-7-3-5-9-15(13)25-18(17)19(24)23-16/h2-9,11,21H,10H2,1H3,(H,22,23,24)/t11-/m0/s1. The SMILES string of the molecule is C[C@H](NCc1nc2c(oc3ccccc32)c(=O)[nH]1)c1ccccc1Cl. The molecule has 0 saturated carbocycles. The van der Waals surface area contributed by atoms with E-state index in [9.17, 15) is 4.79 Å². The number of halogens is 1. The van der Waals surface area contributed by atoms with Crippen LogP contribution < -0.4 is 10.9 Å². The van der Waals surface area contributed by atoms with E-state index in [-0.39, 0.29) is 17.2 Å². The maximum Gasteiger partial charge on any atom is 0.294 e. The molecule has 2 aromatic heterocycles. The monoisotopic (exact) mass is 353 g/mol. The highest BCUT2D eigenvalue weighted by Gasteiger charge is 2.14. The molecule has 0 aliphatic rings. The van der Waals surface area contributed by atoms with Crippen LogP contribution in [0.2, 0.25) is 5.02 Å². The van der Waals surface area contributed by atoms with Crippen LogP contribution in [0.5, 0.6) is 0 Å². The number of para-hydroxylation sites is 1. The Hall–Kier alpha value is -2.63. The normalized spacial score (nSPS) is 12.7. The lowest BCUT2D eigenvalue weighted by molar-refractivity contribution is 0.558. The maximum absolute atomic E-state index is 12.3. The van der Waals surface area contributed by atoms with Gasteiger partial charge in [-0.15, -0.1) is 0 Å². The van der Waals surface area contributed by atoms with Crippen LogP contribution >= 0.6 is 11.6 Å². The zero-order chi connectivity index (χ0) is 17.4. The van der Waals surface area contributed by atoms with Gasteiger partial charge in [-0.3, -0.25) is 4.79 Å². The van der Waals surface area contributed by atoms with E-state index in [1.54, 1.807) is 0 Å². The molecule has 4 rings (SSSR count). The Labute approximate surface area is 148 Å². The van der Waals surface area contributed by atoms with Crippen LogP contribution in [0.4, 0.5) is 0 Å². The van der Waals surface area contributed by atoms with Crippen molar-refractivity contribution in [1.29, 1.82) is 0 Å². The Morgan fingerprint density at radius 1 is 1.20 bits per heavy atom. The fraction of sp³-hybridized carbons (Fsp3) is 0.158. The summed E-state index contributed by atoms with van der Waals surface area (Å²) >= 11 is 6.23. The average molecular weight is 354 g/mol. The molecule has 6 heteroatoms. The Bertz CT molecular complexity index is 1120. The van der Waals surface area contributed by atoms with Crippen molar-refractivity contribution < 1.29 is 4.42 Å². The molecule has 2 heterocycles. The number of hydrogen-bond donors (Lipinski definition) is 2. The Morgan fingerprint density at radius 2 is 1.96 bits per heavy atom. The first-order valence-electron chi connectivity index (χ1n) is 8.02. The van der Waals surface area contributed by atoms with Gasteiger partial charge in [0.1, 0.15) is 16.9 Å². The smallest absolute Gasteiger partial charge is 0.294 e. The van der Waals surface area contributed by atoms with Crippen molar-refractivity contribution in [3.63, 3.8) is 0 Å². The Balaban J connectivity index is 1.65. The van der Waals surface area contributed by atoms with Gasteiger partial charge in [0.25, 0.3) is 5.56 Å². The molecule has 4 aromatic rings. The van der Waals surface area contributed by atoms with E-state index in [1.165, 1.54) is 0 Å². The van der Waals surface area contributed by atoms with Gasteiger partial charge < -0.3 is 14.7 Å². The molecule has 2 aromatic carbocycles. The predicted octanol–water partition coefficient (Wildman–Crippen LogP) is 4.17. The van der Waals surface area contributed by atoms with E-state index in [2.05, 4.69) is 15.3 Å². The van der Waals surface area contributed by atoms with Gasteiger partial charge in [0.2, 0.25) is 5.58 Å². The van der Waals surface area contributed by atoms with Gasteiger partial charge in [-0.1, -0.05) is 41.9 Å². The first-order chi connectivity index (χ1) is 12.1. The highest BCUT2D eigenvalue weighted by atomic mass is 35.5. The molecule has 0 saturated heterocycles. The number of H-pyrrole nitrogens is 1. The zero-order valence-electron chi connectivity index (χ0n) is 13.5. The summed E-state index contributed by atoms with van der Waals surface area (Å²) in [5, 5.41) is 4.89. The highest BCUT2D eigenvalue weighted by Crippen LogP contribution is 2.25. The number of nitrogens with one attached hydrogen (secondary N) is 2. The fourth-order valence-corrected chi connectivity index (χ4v) is 3.22. The van der Waals surface area contributed by atoms with E-state index in [4.69, 9.17) is 16.0 Å². The minimum absolute atomic E-state index is 0.0239. The molecule has 0 fully saturated rings. The summed E-state index contributed by atoms with van der Waals surface area (Å²) < 4.78 is 5.60. The summed E-state index contributed by atoms with van der Waals surface area (Å²) in [6.45, 7) is 2.43. The van der Waals surface area contributed by atoms with Crippen LogP contribution in [-0.2, 0) is 6.54 Å². The van der Waals surface area contributed by atoms with Crippen molar-refractivity contribution in [2.75, 3.05) is 0 Å². The molecule has 0 aliphatic carbocycles. The molecule has 1 atom stereocenters. The van der Waals surface area contributed by atoms with Gasteiger partial charge in [-0.05, 0) is 30.7 Å². The van der Waals surface area contributed by atoms with E-state index in [1.807, 2.05) is 55.5 Å². The summed E-state index contributed by atoms with van der Waals surface area (Å²) in [7, 11) is 0. The molecule has 5 nitrogen and oxygen atoms in total. The summed E-state index contributed by atoms with van der Waals surface area (Å²) in [4.78, 5) is 19.6. The van der Waals surface area contributed by atoms with Gasteiger partial charge in [0.05, 0.1) is 6.54 Å². The predicted molar refractivity (Wildman–Crippen MR) is 98.8 cm³/mol. The molecular weight excluding hydrogens is 338 g/mol. The van der Waals surface area contributed by atoms with E-state index < -0.39 is 0 Å². The van der Waals surface area contributed by atoms with Crippen molar-refractivity contribution in [2.45, 2.75) is 19.5 Å². The quantitative estimate of drug-likeness (QED) is 0.577. The van der Waals surface area contributed by atoms with Crippen molar-refractivity contribution in [1.82, 2.24) is 15.3 Å². The van der Waals surface area contributed by atoms with Crippen LogP contribution in [0.3, 0.4) is 0 Å². The maximum atomic E-state index is 12.3. The lowest BCUT2D eigenvalue weighted by Crippen LogP contribution is -2.22. The van der Waals surface area contributed by atoms with Crippen LogP contribution in [0.25, 0.3) is 22.1 Å². The first-order valence-corrected chi connectivity index (χ1v) is 8.39. The second-order valence-corrected chi connectivity index (χ2v) is 6.32. The van der Waals surface area contributed by atoms with Crippen LogP contribution in [-0.4, -0.2) is 9.97 Å². The number of aromatic nitrogens is 2. The first kappa shape index (κ1) is 15.9. The van der Waals surface area contributed by atoms with E-state index >= 15 is 0 Å². The Kier molecular flexibility index (Phi) is 4.03. The van der Waals surface area contributed by atoms with Crippen molar-refractivity contribution in [3.05, 3.63) is 75.3 Å². The van der Waals surface area contributed by atoms with Gasteiger partial charge in [0, 0.05) is 16.5 Å². The topological polar surface area (TPSA) is 70.9 Å². The second-order valence-electron chi connectivity index (χ2n) is 5.91. The molecule has 2 N–H and O–H groups in total. The van der Waals surface area contributed by atoms with Crippen LogP contribution in [0.1, 0.15) is 24.4 Å². The molecule has 0 aliphatic heterocycles. The van der Waals surface area contributed by atoms with Gasteiger partial charge in [-0.25, -0.2) is 4.98 Å². The summed E-state index contributed by atoms with van der Waals surface area (Å²) in [6.07, 6.45) is 0. The molecule has 25 heavy (non-hydrogen) atoms. The van der Waals surface area contributed by atoms with Crippen molar-refractivity contribution >= 4 is 33.7 Å². The lowest BCUT2D eigenvalue weighted by atomic mass is 10.1. The lowest BCUT2D eigenvalue weighted by Gasteiger charge is -2.15. The zero-order valence-corrected chi connectivity index (χ0v) is 14.3. The number of benzene rings is 2. The fourth-order valence-electron chi connectivity index (χ4n) is 2.92. The molecule has 0 bridgehead atoms. The second kappa shape index (κ2) is 6.35. The Morgan fingerprint density at radius 3 is 2.80 bits per heavy atom. The average Bonchev–Trinajstić information content (AvgIpc) is 3.00. The molecule has 0 unspecified atom stereocenters. The third-order valence-electron chi connectivity index (χ3n) is 4.23. The van der Waals surface area contributed by atoms with Gasteiger partial charge >= 0.3 is 0 Å². The van der Waals surface area contributed by atoms with Gasteiger partial charge in [0.15, 0.2) is 0 Å². The van der Waals surface area contributed by atoms with E-state index in [0.717, 1.165) is 10.9 Å². The number of nitrogens with zero attached hydrogens (tertiary/aromatic N) is 1. The number of hydrogen-bond acceptors (Lipinski definition) is 4. The molecule has 126 valence electrons. The van der Waals surface area contributed by atoms with Crippen LogP contribution in [0, 0.1) is 0 Å². The summed E-state index contributed by atoms with van der Waals surface area (Å²) in [5.41, 5.74) is 2.22. The minimum atomic E-state index is -0.275. The summed E-state index contributed by atoms with van der Waals surface area (Å²) in [6, 6.07) is 15.2. The van der Waals surface area contributed by atoms with Crippen molar-refractivity contribution in [3.8, 4) is 0 Å². The number of fused-ring (bicyclic) bond motifs is 3. The van der Waals surface area contributed by atoms with Crippen molar-refractivity contribution in [2.24, 2.45) is 0 Å². The third kappa shape index (κ3) is 2.92. The molecule has 0 spiro atoms. The molecule has 0 radical (unpaired) electrons. The van der Waals surface area contributed by atoms with Gasteiger partial charge in [-0.2, -0.15) is 0 Å². The number of furan rings is 1. The number of rotatable bonds is 4. The summed E-state index contributed by atoms with van der Waals surface area (Å²) in [5.74, 6) is 0.558. The van der Waals surface area contributed by atoms with E-state index in [0.29, 0.717) is 28.5 Å². The molecule has 0 amide bonds. The number of aromatic amines is 1. The van der Waals surface area contributed by atoms with Crippen LogP contribution in [0.15, 0.2) is 57.7 Å². The molecular formula is C19H16ClN3O2. The third-order valence-corrected chi connectivity index (χ3v) is 4.57. The largest absolute Gasteiger partial charge is 0.449 e. The minimum Gasteiger partial charge on any atom is -0.449 e. The highest BCUT2D eigenvalue weighted by molar-refractivity contribution is 6.31.